The molecular formula is C16H27N3O. The van der Waals surface area contributed by atoms with Crippen LogP contribution in [0.3, 0.4) is 0 Å². The Labute approximate surface area is 122 Å². The van der Waals surface area contributed by atoms with Crippen LogP contribution in [0.25, 0.3) is 0 Å². The van der Waals surface area contributed by atoms with Crippen molar-refractivity contribution in [1.29, 1.82) is 0 Å². The highest BCUT2D eigenvalue weighted by Crippen LogP contribution is 2.11. The van der Waals surface area contributed by atoms with Crippen molar-refractivity contribution in [1.82, 2.24) is 9.88 Å². The first-order valence-corrected chi connectivity index (χ1v) is 7.72. The highest BCUT2D eigenvalue weighted by molar-refractivity contribution is 5.93. The number of pyridine rings is 1. The van der Waals surface area contributed by atoms with Crippen molar-refractivity contribution in [2.24, 2.45) is 0 Å². The Morgan fingerprint density at radius 1 is 1.20 bits per heavy atom. The smallest absolute Gasteiger partial charge is 0.272 e. The molecule has 0 unspecified atom stereocenters. The minimum Gasteiger partial charge on any atom is -0.385 e. The van der Waals surface area contributed by atoms with Crippen LogP contribution in [-0.4, -0.2) is 35.4 Å². The Kier molecular flexibility index (Phi) is 7.70. The topological polar surface area (TPSA) is 45.2 Å². The van der Waals surface area contributed by atoms with Gasteiger partial charge in [0.2, 0.25) is 0 Å². The molecule has 0 radical (unpaired) electrons. The van der Waals surface area contributed by atoms with Crippen molar-refractivity contribution in [3.63, 3.8) is 0 Å². The normalized spacial score (nSPS) is 10.3. The highest BCUT2D eigenvalue weighted by atomic mass is 16.2. The average molecular weight is 277 g/mol. The van der Waals surface area contributed by atoms with Crippen molar-refractivity contribution in [2.75, 3.05) is 25.0 Å². The monoisotopic (exact) mass is 277 g/mol. The van der Waals surface area contributed by atoms with Crippen LogP contribution in [0.4, 0.5) is 5.69 Å². The second-order valence-corrected chi connectivity index (χ2v) is 4.89. The number of hydrogen-bond acceptors (Lipinski definition) is 3. The van der Waals surface area contributed by atoms with Crippen molar-refractivity contribution >= 4 is 11.6 Å². The molecule has 1 amide bonds. The maximum Gasteiger partial charge on any atom is 0.272 e. The maximum absolute atomic E-state index is 12.2. The van der Waals surface area contributed by atoms with Crippen molar-refractivity contribution in [3.8, 4) is 0 Å². The van der Waals surface area contributed by atoms with Crippen molar-refractivity contribution in [3.05, 3.63) is 24.0 Å². The van der Waals surface area contributed by atoms with E-state index in [-0.39, 0.29) is 5.91 Å². The third kappa shape index (κ3) is 5.19. The summed E-state index contributed by atoms with van der Waals surface area (Å²) in [6, 6.07) is 3.76. The van der Waals surface area contributed by atoms with Gasteiger partial charge in [-0.05, 0) is 32.4 Å². The summed E-state index contributed by atoms with van der Waals surface area (Å²) in [7, 11) is 0. The van der Waals surface area contributed by atoms with Crippen molar-refractivity contribution in [2.45, 2.75) is 46.5 Å². The maximum atomic E-state index is 12.2. The van der Waals surface area contributed by atoms with Crippen LogP contribution < -0.4 is 5.32 Å². The molecule has 0 atom stereocenters. The van der Waals surface area contributed by atoms with Gasteiger partial charge >= 0.3 is 0 Å². The highest BCUT2D eigenvalue weighted by Gasteiger charge is 2.13. The van der Waals surface area contributed by atoms with Crippen LogP contribution in [0.2, 0.25) is 0 Å². The van der Waals surface area contributed by atoms with Crippen LogP contribution in [0.1, 0.15) is 56.9 Å². The van der Waals surface area contributed by atoms with Gasteiger partial charge in [-0.3, -0.25) is 9.78 Å². The molecule has 1 heterocycles. The van der Waals surface area contributed by atoms with E-state index in [1.165, 1.54) is 19.3 Å². The predicted molar refractivity (Wildman–Crippen MR) is 84.1 cm³/mol. The van der Waals surface area contributed by atoms with Gasteiger partial charge in [0.1, 0.15) is 5.69 Å². The fourth-order valence-corrected chi connectivity index (χ4v) is 2.11. The van der Waals surface area contributed by atoms with Crippen molar-refractivity contribution < 1.29 is 4.79 Å². The Morgan fingerprint density at radius 3 is 2.60 bits per heavy atom. The number of carbonyl (C=O) groups is 1. The summed E-state index contributed by atoms with van der Waals surface area (Å²) < 4.78 is 0. The lowest BCUT2D eigenvalue weighted by Gasteiger charge is -2.18. The molecule has 0 saturated carbocycles. The van der Waals surface area contributed by atoms with E-state index in [1.807, 2.05) is 26.0 Å². The van der Waals surface area contributed by atoms with Gasteiger partial charge in [0.25, 0.3) is 5.91 Å². The molecule has 1 N–H and O–H groups in total. The van der Waals surface area contributed by atoms with E-state index in [0.29, 0.717) is 18.8 Å². The van der Waals surface area contributed by atoms with E-state index in [2.05, 4.69) is 17.2 Å². The molecule has 0 bridgehead atoms. The zero-order valence-electron chi connectivity index (χ0n) is 13.0. The van der Waals surface area contributed by atoms with Gasteiger partial charge in [-0.25, -0.2) is 0 Å². The first kappa shape index (κ1) is 16.5. The molecule has 20 heavy (non-hydrogen) atoms. The molecule has 0 spiro atoms. The second-order valence-electron chi connectivity index (χ2n) is 4.89. The number of anilines is 1. The lowest BCUT2D eigenvalue weighted by atomic mass is 10.2. The molecule has 1 rings (SSSR count). The minimum atomic E-state index is 0.00429. The second kappa shape index (κ2) is 9.34. The molecule has 4 heteroatoms. The number of amides is 1. The molecular weight excluding hydrogens is 250 g/mol. The first-order valence-electron chi connectivity index (χ1n) is 7.72. The van der Waals surface area contributed by atoms with Gasteiger partial charge < -0.3 is 10.2 Å². The molecule has 1 aromatic rings. The van der Waals surface area contributed by atoms with E-state index in [1.54, 1.807) is 11.1 Å². The van der Waals surface area contributed by atoms with Gasteiger partial charge in [0.15, 0.2) is 0 Å². The molecule has 0 fully saturated rings. The summed E-state index contributed by atoms with van der Waals surface area (Å²) in [5, 5.41) is 3.36. The van der Waals surface area contributed by atoms with Gasteiger partial charge in [-0.2, -0.15) is 0 Å². The van der Waals surface area contributed by atoms with Crippen LogP contribution in [0.15, 0.2) is 18.3 Å². The average Bonchev–Trinajstić information content (AvgIpc) is 2.48. The number of nitrogens with one attached hydrogen (secondary N) is 1. The lowest BCUT2D eigenvalue weighted by molar-refractivity contribution is 0.0767. The zero-order chi connectivity index (χ0) is 14.8. The Balaban J connectivity index is 2.55. The molecule has 112 valence electrons. The third-order valence-electron chi connectivity index (χ3n) is 3.39. The first-order chi connectivity index (χ1) is 9.72. The molecule has 0 aromatic carbocycles. The largest absolute Gasteiger partial charge is 0.385 e. The lowest BCUT2D eigenvalue weighted by Crippen LogP contribution is -2.31. The third-order valence-corrected chi connectivity index (χ3v) is 3.39. The van der Waals surface area contributed by atoms with Gasteiger partial charge in [0.05, 0.1) is 0 Å². The molecule has 0 aliphatic heterocycles. The standard InChI is InChI=1S/C16H27N3O/c1-4-7-8-9-11-17-14-10-12-18-15(13-14)16(20)19(5-2)6-3/h10,12-13H,4-9,11H2,1-3H3,(H,17,18). The zero-order valence-corrected chi connectivity index (χ0v) is 13.0. The summed E-state index contributed by atoms with van der Waals surface area (Å²) in [6.07, 6.45) is 6.64. The van der Waals surface area contributed by atoms with Crippen LogP contribution in [-0.2, 0) is 0 Å². The van der Waals surface area contributed by atoms with Gasteiger partial charge in [-0.15, -0.1) is 0 Å². The van der Waals surface area contributed by atoms with E-state index >= 15 is 0 Å². The van der Waals surface area contributed by atoms with E-state index in [9.17, 15) is 4.79 Å². The quantitative estimate of drug-likeness (QED) is 0.702. The van der Waals surface area contributed by atoms with Crippen LogP contribution in [0.5, 0.6) is 0 Å². The van der Waals surface area contributed by atoms with E-state index in [4.69, 9.17) is 0 Å². The SMILES string of the molecule is CCCCCCNc1ccnc(C(=O)N(CC)CC)c1. The molecule has 4 nitrogen and oxygen atoms in total. The van der Waals surface area contributed by atoms with Crippen LogP contribution in [0, 0.1) is 0 Å². The molecule has 0 aliphatic carbocycles. The summed E-state index contributed by atoms with van der Waals surface area (Å²) in [6.45, 7) is 8.55. The van der Waals surface area contributed by atoms with E-state index < -0.39 is 0 Å². The Morgan fingerprint density at radius 2 is 1.95 bits per heavy atom. The summed E-state index contributed by atoms with van der Waals surface area (Å²) in [5.74, 6) is 0.00429. The number of rotatable bonds is 9. The fraction of sp³-hybridized carbons (Fsp3) is 0.625. The minimum absolute atomic E-state index is 0.00429. The summed E-state index contributed by atoms with van der Waals surface area (Å²) in [5.41, 5.74) is 1.50. The number of aromatic nitrogens is 1. The molecule has 0 aliphatic rings. The Hall–Kier alpha value is -1.58. The number of carbonyl (C=O) groups excluding carboxylic acids is 1. The molecule has 1 aromatic heterocycles. The van der Waals surface area contributed by atoms with Gasteiger partial charge in [-0.1, -0.05) is 26.2 Å². The molecule has 0 saturated heterocycles. The summed E-state index contributed by atoms with van der Waals surface area (Å²) >= 11 is 0. The van der Waals surface area contributed by atoms with Gasteiger partial charge in [0, 0.05) is 31.5 Å². The predicted octanol–water partition coefficient (Wildman–Crippen LogP) is 3.56. The number of nitrogens with zero attached hydrogens (tertiary/aromatic N) is 2. The Bertz CT molecular complexity index is 402. The summed E-state index contributed by atoms with van der Waals surface area (Å²) in [4.78, 5) is 18.2. The number of hydrogen-bond donors (Lipinski definition) is 1. The fourth-order valence-electron chi connectivity index (χ4n) is 2.11. The van der Waals surface area contributed by atoms with E-state index in [0.717, 1.165) is 18.7 Å². The van der Waals surface area contributed by atoms with Crippen LogP contribution >= 0.6 is 0 Å². The number of unbranched alkanes of at least 4 members (excludes halogenated alkanes) is 3.